The Balaban J connectivity index is 3.20. The summed E-state index contributed by atoms with van der Waals surface area (Å²) in [6.45, 7) is 1.91. The van der Waals surface area contributed by atoms with Crippen LogP contribution in [0, 0.1) is 0 Å². The van der Waals surface area contributed by atoms with Crippen molar-refractivity contribution in [3.05, 3.63) is 23.8 Å². The molecule has 4 nitrogen and oxygen atoms in total. The number of halogens is 3. The number of ether oxygens (including phenoxy) is 1. The molecule has 0 radical (unpaired) electrons. The zero-order chi connectivity index (χ0) is 13.1. The van der Waals surface area contributed by atoms with Crippen LogP contribution in [0.2, 0.25) is 0 Å². The normalized spacial score (nSPS) is 11.1. The van der Waals surface area contributed by atoms with Gasteiger partial charge in [-0.25, -0.2) is 4.79 Å². The van der Waals surface area contributed by atoms with Crippen LogP contribution in [0.15, 0.2) is 18.2 Å². The van der Waals surface area contributed by atoms with Gasteiger partial charge in [0.15, 0.2) is 5.75 Å². The smallest absolute Gasteiger partial charge is 0.478 e. The van der Waals surface area contributed by atoms with E-state index in [-0.39, 0.29) is 17.8 Å². The van der Waals surface area contributed by atoms with Crippen LogP contribution in [-0.2, 0) is 0 Å². The molecule has 0 fully saturated rings. The second-order valence-corrected chi connectivity index (χ2v) is 3.06. The first-order valence-electron chi connectivity index (χ1n) is 4.71. The van der Waals surface area contributed by atoms with Crippen molar-refractivity contribution < 1.29 is 27.8 Å². The number of rotatable bonds is 4. The van der Waals surface area contributed by atoms with Crippen LogP contribution >= 0.6 is 0 Å². The number of benzene rings is 1. The Bertz CT molecular complexity index is 418. The van der Waals surface area contributed by atoms with E-state index in [0.717, 1.165) is 6.07 Å². The van der Waals surface area contributed by atoms with Crippen molar-refractivity contribution >= 4 is 11.7 Å². The molecule has 0 heterocycles. The Hall–Kier alpha value is -1.92. The van der Waals surface area contributed by atoms with Gasteiger partial charge in [0.2, 0.25) is 0 Å². The number of hydrogen-bond donors (Lipinski definition) is 2. The molecule has 0 amide bonds. The molecule has 17 heavy (non-hydrogen) atoms. The lowest BCUT2D eigenvalue weighted by atomic mass is 10.1. The van der Waals surface area contributed by atoms with Crippen molar-refractivity contribution in [1.29, 1.82) is 0 Å². The molecule has 0 aliphatic carbocycles. The number of anilines is 1. The van der Waals surface area contributed by atoms with Crippen LogP contribution in [0.25, 0.3) is 0 Å². The second kappa shape index (κ2) is 4.94. The molecule has 0 atom stereocenters. The van der Waals surface area contributed by atoms with Crippen molar-refractivity contribution in [1.82, 2.24) is 0 Å². The molecule has 0 aliphatic heterocycles. The number of para-hydroxylation sites is 1. The minimum Gasteiger partial charge on any atom is -0.478 e. The lowest BCUT2D eigenvalue weighted by molar-refractivity contribution is -0.274. The van der Waals surface area contributed by atoms with Crippen LogP contribution in [0.3, 0.4) is 0 Å². The van der Waals surface area contributed by atoms with Gasteiger partial charge in [0.1, 0.15) is 0 Å². The Morgan fingerprint density at radius 2 is 2.12 bits per heavy atom. The molecule has 1 aromatic rings. The summed E-state index contributed by atoms with van der Waals surface area (Å²) in [4.78, 5) is 10.8. The summed E-state index contributed by atoms with van der Waals surface area (Å²) >= 11 is 0. The van der Waals surface area contributed by atoms with Crippen LogP contribution in [0.4, 0.5) is 18.9 Å². The predicted octanol–water partition coefficient (Wildman–Crippen LogP) is 2.72. The molecule has 0 saturated carbocycles. The van der Waals surface area contributed by atoms with Crippen molar-refractivity contribution in [2.75, 3.05) is 11.9 Å². The number of nitrogens with one attached hydrogen (secondary N) is 1. The second-order valence-electron chi connectivity index (χ2n) is 3.06. The van der Waals surface area contributed by atoms with Gasteiger partial charge in [0.25, 0.3) is 0 Å². The fraction of sp³-hybridized carbons (Fsp3) is 0.300. The predicted molar refractivity (Wildman–Crippen MR) is 54.2 cm³/mol. The molecule has 0 saturated heterocycles. The third-order valence-corrected chi connectivity index (χ3v) is 1.84. The van der Waals surface area contributed by atoms with Gasteiger partial charge >= 0.3 is 12.3 Å². The number of carboxylic acids is 1. The Morgan fingerprint density at radius 3 is 2.59 bits per heavy atom. The third-order valence-electron chi connectivity index (χ3n) is 1.84. The average molecular weight is 249 g/mol. The monoisotopic (exact) mass is 249 g/mol. The van der Waals surface area contributed by atoms with Gasteiger partial charge < -0.3 is 15.2 Å². The Kier molecular flexibility index (Phi) is 3.82. The summed E-state index contributed by atoms with van der Waals surface area (Å²) in [5, 5.41) is 11.4. The van der Waals surface area contributed by atoms with E-state index < -0.39 is 18.1 Å². The van der Waals surface area contributed by atoms with E-state index in [1.165, 1.54) is 12.1 Å². The lowest BCUT2D eigenvalue weighted by Crippen LogP contribution is -2.19. The number of alkyl halides is 3. The summed E-state index contributed by atoms with van der Waals surface area (Å²) in [5.41, 5.74) is -0.451. The summed E-state index contributed by atoms with van der Waals surface area (Å²) in [7, 11) is 0. The minimum atomic E-state index is -4.86. The van der Waals surface area contributed by atoms with Gasteiger partial charge in [-0.05, 0) is 19.1 Å². The van der Waals surface area contributed by atoms with Gasteiger partial charge in [-0.3, -0.25) is 0 Å². The Labute approximate surface area is 95.0 Å². The van der Waals surface area contributed by atoms with Crippen LogP contribution < -0.4 is 10.1 Å². The van der Waals surface area contributed by atoms with Gasteiger partial charge in [-0.15, -0.1) is 13.2 Å². The molecule has 0 aliphatic rings. The SMILES string of the molecule is CCNc1c(OC(F)(F)F)cccc1C(=O)O. The van der Waals surface area contributed by atoms with E-state index in [4.69, 9.17) is 5.11 Å². The van der Waals surface area contributed by atoms with Crippen LogP contribution in [0.1, 0.15) is 17.3 Å². The van der Waals surface area contributed by atoms with E-state index in [9.17, 15) is 18.0 Å². The van der Waals surface area contributed by atoms with Crippen molar-refractivity contribution in [3.63, 3.8) is 0 Å². The number of aromatic carboxylic acids is 1. The molecule has 0 bridgehead atoms. The first kappa shape index (κ1) is 13.1. The Morgan fingerprint density at radius 1 is 1.47 bits per heavy atom. The van der Waals surface area contributed by atoms with Gasteiger partial charge in [0, 0.05) is 6.54 Å². The summed E-state index contributed by atoms with van der Waals surface area (Å²) in [5.74, 6) is -1.88. The minimum absolute atomic E-state index is 0.181. The number of carbonyl (C=O) groups is 1. The van der Waals surface area contributed by atoms with E-state index in [2.05, 4.69) is 10.1 Å². The van der Waals surface area contributed by atoms with E-state index >= 15 is 0 Å². The highest BCUT2D eigenvalue weighted by Crippen LogP contribution is 2.32. The highest BCUT2D eigenvalue weighted by molar-refractivity contribution is 5.95. The van der Waals surface area contributed by atoms with Crippen molar-refractivity contribution in [2.24, 2.45) is 0 Å². The fourth-order valence-corrected chi connectivity index (χ4v) is 1.28. The first-order chi connectivity index (χ1) is 7.85. The largest absolute Gasteiger partial charge is 0.573 e. The summed E-state index contributed by atoms with van der Waals surface area (Å²) < 4.78 is 40.0. The van der Waals surface area contributed by atoms with E-state index in [1.54, 1.807) is 6.92 Å². The number of hydrogen-bond acceptors (Lipinski definition) is 3. The van der Waals surface area contributed by atoms with E-state index in [1.807, 2.05) is 0 Å². The van der Waals surface area contributed by atoms with E-state index in [0.29, 0.717) is 0 Å². The van der Waals surface area contributed by atoms with Gasteiger partial charge in [-0.2, -0.15) is 0 Å². The molecular weight excluding hydrogens is 239 g/mol. The quantitative estimate of drug-likeness (QED) is 0.861. The summed E-state index contributed by atoms with van der Waals surface area (Å²) in [6.07, 6.45) is -4.86. The highest BCUT2D eigenvalue weighted by Gasteiger charge is 2.32. The molecule has 0 unspecified atom stereocenters. The highest BCUT2D eigenvalue weighted by atomic mass is 19.4. The molecule has 0 spiro atoms. The maximum absolute atomic E-state index is 12.1. The van der Waals surface area contributed by atoms with Crippen LogP contribution in [-0.4, -0.2) is 24.0 Å². The summed E-state index contributed by atoms with van der Waals surface area (Å²) in [6, 6.07) is 3.44. The standard InChI is InChI=1S/C10H10F3NO3/c1-2-14-8-6(9(15)16)4-3-5-7(8)17-10(11,12)13/h3-5,14H,2H2,1H3,(H,15,16). The topological polar surface area (TPSA) is 58.6 Å². The van der Waals surface area contributed by atoms with Crippen molar-refractivity contribution in [3.8, 4) is 5.75 Å². The first-order valence-corrected chi connectivity index (χ1v) is 4.71. The average Bonchev–Trinajstić information content (AvgIpc) is 2.18. The maximum Gasteiger partial charge on any atom is 0.573 e. The molecular formula is C10H10F3NO3. The number of carboxylic acid groups (broad SMARTS) is 1. The maximum atomic E-state index is 12.1. The zero-order valence-corrected chi connectivity index (χ0v) is 8.84. The van der Waals surface area contributed by atoms with Gasteiger partial charge in [0.05, 0.1) is 11.3 Å². The lowest BCUT2D eigenvalue weighted by Gasteiger charge is -2.15. The molecule has 2 N–H and O–H groups in total. The third kappa shape index (κ3) is 3.54. The molecule has 1 aromatic carbocycles. The zero-order valence-electron chi connectivity index (χ0n) is 8.84. The van der Waals surface area contributed by atoms with Crippen molar-refractivity contribution in [2.45, 2.75) is 13.3 Å². The molecule has 7 heteroatoms. The van der Waals surface area contributed by atoms with Crippen LogP contribution in [0.5, 0.6) is 5.75 Å². The molecule has 94 valence electrons. The molecule has 0 aromatic heterocycles. The molecule has 1 rings (SSSR count). The van der Waals surface area contributed by atoms with Gasteiger partial charge in [-0.1, -0.05) is 6.07 Å². The fourth-order valence-electron chi connectivity index (χ4n) is 1.28.